The molecule has 0 saturated carbocycles. The number of nitrogens with zero attached hydrogens (tertiary/aromatic N) is 1. The average Bonchev–Trinajstić information content (AvgIpc) is 2.97. The van der Waals surface area contributed by atoms with Gasteiger partial charge in [0, 0.05) is 17.5 Å². The summed E-state index contributed by atoms with van der Waals surface area (Å²) in [4.78, 5) is 4.21. The smallest absolute Gasteiger partial charge is 0.131 e. The van der Waals surface area contributed by atoms with Crippen LogP contribution in [0.2, 0.25) is 0 Å². The molecule has 1 aromatic heterocycles. The van der Waals surface area contributed by atoms with Crippen LogP contribution in [0.1, 0.15) is 11.3 Å². The quantitative estimate of drug-likeness (QED) is 0.791. The zero-order valence-corrected chi connectivity index (χ0v) is 11.2. The number of rotatable bonds is 4. The van der Waals surface area contributed by atoms with E-state index in [1.807, 2.05) is 29.1 Å². The standard InChI is InChI=1S/C15H14N2OS/c16-7-14-13-4-2-1-3-11(13)5-6-15(14)18-8-12-9-19-10-17-12/h1-6,9-10H,7-8,16H2. The van der Waals surface area contributed by atoms with Crippen LogP contribution in [-0.2, 0) is 13.2 Å². The lowest BCUT2D eigenvalue weighted by Crippen LogP contribution is -2.03. The fraction of sp³-hybridized carbons (Fsp3) is 0.133. The number of nitrogens with two attached hydrogens (primary N) is 1. The Balaban J connectivity index is 1.94. The Kier molecular flexibility index (Phi) is 3.44. The van der Waals surface area contributed by atoms with Crippen molar-refractivity contribution in [1.29, 1.82) is 0 Å². The van der Waals surface area contributed by atoms with Crippen LogP contribution in [0.5, 0.6) is 5.75 Å². The summed E-state index contributed by atoms with van der Waals surface area (Å²) >= 11 is 1.57. The predicted molar refractivity (Wildman–Crippen MR) is 78.3 cm³/mol. The Bertz CT molecular complexity index is 680. The third-order valence-corrected chi connectivity index (χ3v) is 3.70. The van der Waals surface area contributed by atoms with E-state index in [-0.39, 0.29) is 0 Å². The van der Waals surface area contributed by atoms with Crippen molar-refractivity contribution < 1.29 is 4.74 Å². The minimum atomic E-state index is 0.466. The third-order valence-electron chi connectivity index (χ3n) is 3.06. The topological polar surface area (TPSA) is 48.1 Å². The highest BCUT2D eigenvalue weighted by molar-refractivity contribution is 7.07. The number of hydrogen-bond donors (Lipinski definition) is 1. The largest absolute Gasteiger partial charge is 0.487 e. The second kappa shape index (κ2) is 5.38. The molecular formula is C15H14N2OS. The molecule has 2 N–H and O–H groups in total. The second-order valence-corrected chi connectivity index (χ2v) is 4.95. The number of hydrogen-bond acceptors (Lipinski definition) is 4. The summed E-state index contributed by atoms with van der Waals surface area (Å²) in [6, 6.07) is 12.2. The van der Waals surface area contributed by atoms with Crippen molar-refractivity contribution in [3.63, 3.8) is 0 Å². The highest BCUT2D eigenvalue weighted by Crippen LogP contribution is 2.28. The zero-order valence-electron chi connectivity index (χ0n) is 10.4. The molecule has 19 heavy (non-hydrogen) atoms. The van der Waals surface area contributed by atoms with Crippen LogP contribution in [0.25, 0.3) is 10.8 Å². The first-order chi connectivity index (χ1) is 9.38. The second-order valence-electron chi connectivity index (χ2n) is 4.24. The summed E-state index contributed by atoms with van der Waals surface area (Å²) in [5.74, 6) is 0.842. The summed E-state index contributed by atoms with van der Waals surface area (Å²) in [7, 11) is 0. The van der Waals surface area contributed by atoms with Crippen LogP contribution in [-0.4, -0.2) is 4.98 Å². The molecule has 96 valence electrons. The molecule has 0 bridgehead atoms. The van der Waals surface area contributed by atoms with Crippen molar-refractivity contribution in [2.45, 2.75) is 13.2 Å². The van der Waals surface area contributed by atoms with Gasteiger partial charge in [0.1, 0.15) is 12.4 Å². The van der Waals surface area contributed by atoms with Crippen molar-refractivity contribution in [3.05, 3.63) is 58.5 Å². The van der Waals surface area contributed by atoms with Gasteiger partial charge in [-0.1, -0.05) is 30.3 Å². The molecule has 0 atom stereocenters. The van der Waals surface area contributed by atoms with Gasteiger partial charge in [-0.3, -0.25) is 0 Å². The molecule has 0 saturated heterocycles. The number of thiazole rings is 1. The molecule has 1 heterocycles. The number of aromatic nitrogens is 1. The minimum absolute atomic E-state index is 0.466. The fourth-order valence-corrected chi connectivity index (χ4v) is 2.67. The van der Waals surface area contributed by atoms with Crippen molar-refractivity contribution in [2.75, 3.05) is 0 Å². The molecule has 0 unspecified atom stereocenters. The fourth-order valence-electron chi connectivity index (χ4n) is 2.12. The van der Waals surface area contributed by atoms with E-state index in [2.05, 4.69) is 23.2 Å². The molecule has 2 aromatic carbocycles. The lowest BCUT2D eigenvalue weighted by atomic mass is 10.0. The van der Waals surface area contributed by atoms with E-state index in [9.17, 15) is 0 Å². The molecule has 0 spiro atoms. The molecule has 3 aromatic rings. The monoisotopic (exact) mass is 270 g/mol. The Hall–Kier alpha value is -1.91. The molecular weight excluding hydrogens is 256 g/mol. The van der Waals surface area contributed by atoms with Crippen LogP contribution in [0, 0.1) is 0 Å². The summed E-state index contributed by atoms with van der Waals surface area (Å²) in [6.07, 6.45) is 0. The molecule has 0 amide bonds. The van der Waals surface area contributed by atoms with Crippen LogP contribution in [0.3, 0.4) is 0 Å². The van der Waals surface area contributed by atoms with E-state index >= 15 is 0 Å². The predicted octanol–water partition coefficient (Wildman–Crippen LogP) is 3.33. The van der Waals surface area contributed by atoms with Gasteiger partial charge in [-0.25, -0.2) is 4.98 Å². The van der Waals surface area contributed by atoms with E-state index in [4.69, 9.17) is 10.5 Å². The van der Waals surface area contributed by atoms with Gasteiger partial charge >= 0.3 is 0 Å². The Morgan fingerprint density at radius 2 is 2.05 bits per heavy atom. The van der Waals surface area contributed by atoms with Crippen molar-refractivity contribution in [2.24, 2.45) is 5.73 Å². The van der Waals surface area contributed by atoms with Crippen molar-refractivity contribution in [1.82, 2.24) is 4.98 Å². The first kappa shape index (κ1) is 12.1. The molecule has 0 radical (unpaired) electrons. The Labute approximate surface area is 115 Å². The van der Waals surface area contributed by atoms with Crippen LogP contribution in [0.4, 0.5) is 0 Å². The molecule has 4 heteroatoms. The lowest BCUT2D eigenvalue weighted by Gasteiger charge is -2.12. The van der Waals surface area contributed by atoms with Crippen molar-refractivity contribution in [3.8, 4) is 5.75 Å². The third kappa shape index (κ3) is 2.45. The maximum Gasteiger partial charge on any atom is 0.131 e. The highest BCUT2D eigenvalue weighted by atomic mass is 32.1. The molecule has 0 aliphatic heterocycles. The molecule has 0 aliphatic rings. The number of benzene rings is 2. The highest BCUT2D eigenvalue weighted by Gasteiger charge is 2.07. The summed E-state index contributed by atoms with van der Waals surface area (Å²) in [5, 5.41) is 4.33. The van der Waals surface area contributed by atoms with Crippen LogP contribution >= 0.6 is 11.3 Å². The Morgan fingerprint density at radius 1 is 1.16 bits per heavy atom. The molecule has 3 rings (SSSR count). The lowest BCUT2D eigenvalue weighted by molar-refractivity contribution is 0.299. The van der Waals surface area contributed by atoms with Gasteiger partial charge < -0.3 is 10.5 Å². The average molecular weight is 270 g/mol. The number of ether oxygens (including phenoxy) is 1. The van der Waals surface area contributed by atoms with Gasteiger partial charge in [0.2, 0.25) is 0 Å². The van der Waals surface area contributed by atoms with Crippen LogP contribution < -0.4 is 10.5 Å². The Morgan fingerprint density at radius 3 is 2.84 bits per heavy atom. The summed E-state index contributed by atoms with van der Waals surface area (Å²) in [5.41, 5.74) is 9.68. The van der Waals surface area contributed by atoms with E-state index in [0.29, 0.717) is 13.2 Å². The van der Waals surface area contributed by atoms with Gasteiger partial charge in [0.15, 0.2) is 0 Å². The summed E-state index contributed by atoms with van der Waals surface area (Å²) < 4.78 is 5.84. The molecule has 3 nitrogen and oxygen atoms in total. The van der Waals surface area contributed by atoms with Gasteiger partial charge in [0.05, 0.1) is 11.2 Å². The van der Waals surface area contributed by atoms with Gasteiger partial charge in [-0.05, 0) is 16.8 Å². The molecule has 0 fully saturated rings. The first-order valence-electron chi connectivity index (χ1n) is 6.09. The van der Waals surface area contributed by atoms with Gasteiger partial charge in [-0.15, -0.1) is 11.3 Å². The van der Waals surface area contributed by atoms with Crippen molar-refractivity contribution >= 4 is 22.1 Å². The van der Waals surface area contributed by atoms with Gasteiger partial charge in [0.25, 0.3) is 0 Å². The minimum Gasteiger partial charge on any atom is -0.487 e. The summed E-state index contributed by atoms with van der Waals surface area (Å²) in [6.45, 7) is 0.947. The maximum absolute atomic E-state index is 5.87. The first-order valence-corrected chi connectivity index (χ1v) is 7.03. The van der Waals surface area contributed by atoms with E-state index in [0.717, 1.165) is 22.4 Å². The normalized spacial score (nSPS) is 10.8. The SMILES string of the molecule is NCc1c(OCc2cscn2)ccc2ccccc12. The molecule has 0 aliphatic carbocycles. The number of fused-ring (bicyclic) bond motifs is 1. The van der Waals surface area contributed by atoms with Gasteiger partial charge in [-0.2, -0.15) is 0 Å². The van der Waals surface area contributed by atoms with E-state index in [1.54, 1.807) is 11.3 Å². The van der Waals surface area contributed by atoms with Crippen LogP contribution in [0.15, 0.2) is 47.3 Å². The zero-order chi connectivity index (χ0) is 13.1. The van der Waals surface area contributed by atoms with E-state index < -0.39 is 0 Å². The maximum atomic E-state index is 5.87. The van der Waals surface area contributed by atoms with E-state index in [1.165, 1.54) is 5.39 Å².